The topological polar surface area (TPSA) is 233 Å². The van der Waals surface area contributed by atoms with Gasteiger partial charge in [-0.2, -0.15) is 10.2 Å². The molecule has 0 spiro atoms. The van der Waals surface area contributed by atoms with E-state index in [1.807, 2.05) is 108 Å². The average molecular weight is 1010 g/mol. The van der Waals surface area contributed by atoms with Gasteiger partial charge in [0.2, 0.25) is 5.88 Å². The molecule has 1 amide bonds. The number of rotatable bonds is 25. The maximum absolute atomic E-state index is 14.0. The molecule has 74 heavy (non-hydrogen) atoms. The number of aliphatic hydroxyl groups is 2. The van der Waals surface area contributed by atoms with Gasteiger partial charge in [0.15, 0.2) is 11.3 Å². The van der Waals surface area contributed by atoms with Crippen molar-refractivity contribution in [1.82, 2.24) is 55.4 Å². The number of nitrogens with zero attached hydrogens (tertiary/aromatic N) is 8. The van der Waals surface area contributed by atoms with Crippen LogP contribution in [0, 0.1) is 13.8 Å². The van der Waals surface area contributed by atoms with E-state index in [0.717, 1.165) is 67.0 Å². The Hall–Kier alpha value is -7.71. The molecule has 0 aliphatic heterocycles. The van der Waals surface area contributed by atoms with Crippen molar-refractivity contribution in [3.63, 3.8) is 0 Å². The Morgan fingerprint density at radius 1 is 0.716 bits per heavy atom. The molecule has 7 N–H and O–H groups in total. The van der Waals surface area contributed by atoms with Crippen LogP contribution in [0.4, 0.5) is 11.4 Å². The number of carbonyl (C=O) groups excluding carboxylic acids is 1. The first-order valence-electron chi connectivity index (χ1n) is 24.9. The molecule has 388 valence electrons. The third-order valence-corrected chi connectivity index (χ3v) is 12.5. The summed E-state index contributed by atoms with van der Waals surface area (Å²) in [6.07, 6.45) is 6.07. The Balaban J connectivity index is 1.00. The molecule has 0 bridgehead atoms. The van der Waals surface area contributed by atoms with Gasteiger partial charge in [-0.3, -0.25) is 9.78 Å². The lowest BCUT2D eigenvalue weighted by Gasteiger charge is -2.18. The van der Waals surface area contributed by atoms with Gasteiger partial charge in [-0.05, 0) is 115 Å². The van der Waals surface area contributed by atoms with Crippen molar-refractivity contribution in [1.29, 1.82) is 0 Å². The summed E-state index contributed by atoms with van der Waals surface area (Å²) >= 11 is 0. The molecule has 0 fully saturated rings. The van der Waals surface area contributed by atoms with Crippen molar-refractivity contribution in [3.8, 4) is 39.9 Å². The first kappa shape index (κ1) is 52.6. The van der Waals surface area contributed by atoms with Crippen LogP contribution in [-0.4, -0.2) is 128 Å². The highest BCUT2D eigenvalue weighted by Gasteiger charge is 2.22. The summed E-state index contributed by atoms with van der Waals surface area (Å²) in [6, 6.07) is 23.0. The van der Waals surface area contributed by atoms with Gasteiger partial charge in [0, 0.05) is 84.9 Å². The van der Waals surface area contributed by atoms with Crippen LogP contribution < -0.4 is 40.8 Å². The number of carbonyl (C=O) groups is 1. The summed E-state index contributed by atoms with van der Waals surface area (Å²) in [6.45, 7) is 12.4. The van der Waals surface area contributed by atoms with Crippen molar-refractivity contribution >= 4 is 39.3 Å². The molecule has 0 radical (unpaired) electrons. The number of fused-ring (bicyclic) bond motifs is 2. The second-order valence-electron chi connectivity index (χ2n) is 18.6. The van der Waals surface area contributed by atoms with Crippen molar-refractivity contribution in [2.75, 3.05) is 71.2 Å². The lowest BCUT2D eigenvalue weighted by atomic mass is 10.0. The largest absolute Gasteiger partial charge is 0.491 e. The van der Waals surface area contributed by atoms with Crippen LogP contribution >= 0.6 is 0 Å². The zero-order valence-electron chi connectivity index (χ0n) is 43.3. The minimum absolute atomic E-state index is 0.0675. The highest BCUT2D eigenvalue weighted by Crippen LogP contribution is 2.34. The Morgan fingerprint density at radius 2 is 1.31 bits per heavy atom. The second-order valence-corrected chi connectivity index (χ2v) is 18.6. The number of ether oxygens (including phenoxy) is 3. The molecule has 2 aromatic carbocycles. The number of pyridine rings is 4. The minimum Gasteiger partial charge on any atom is -0.491 e. The van der Waals surface area contributed by atoms with Crippen molar-refractivity contribution in [2.24, 2.45) is 0 Å². The van der Waals surface area contributed by atoms with Crippen LogP contribution in [-0.2, 0) is 13.0 Å². The summed E-state index contributed by atoms with van der Waals surface area (Å²) in [7, 11) is 5.19. The number of anilines is 2. The van der Waals surface area contributed by atoms with Crippen LogP contribution in [0.1, 0.15) is 65.6 Å². The van der Waals surface area contributed by atoms with Gasteiger partial charge in [0.1, 0.15) is 36.9 Å². The summed E-state index contributed by atoms with van der Waals surface area (Å²) in [5.41, 5.74) is 10.2. The number of likely N-dealkylation sites (N-methyl/N-ethyl adjacent to an activating group) is 2. The minimum atomic E-state index is -0.668. The molecule has 8 aromatic rings. The maximum Gasteiger partial charge on any atom is 0.253 e. The quantitative estimate of drug-likeness (QED) is 0.0296. The molecule has 8 rings (SSSR count). The molecule has 0 saturated carbocycles. The SMILES string of the molecule is CNCC(O)COc1cccc(-c2cc(NCCNC(=O)c3cnccc3CC(C)n3ncc4c(NCc5c(C)cc(C)nc5OC)cc(-c5cccc(OCC(O)CNC)c5)nc43)c3cnn(C(C)C)c3n2)c1. The van der Waals surface area contributed by atoms with E-state index in [1.165, 1.54) is 0 Å². The molecule has 6 heterocycles. The summed E-state index contributed by atoms with van der Waals surface area (Å²) in [5.74, 6) is 1.54. The normalized spacial score (nSPS) is 12.7. The number of aromatic nitrogens is 8. The number of aryl methyl sites for hydroxylation is 2. The molecule has 19 heteroatoms. The standard InChI is InChI=1S/C55H67N13O6/c1-33(2)67-52-46(29-62-67)50(23-48(65-52)38-11-9-13-42(21-38)73-31-40(69)25-56-6)59-17-18-60-54(71)45-27-58-16-15-37(45)20-36(5)68-53-47(30-63-68)51(61-28-44-34(3)19-35(4)64-55(44)72-8)24-49(66-53)39-12-10-14-43(22-39)74-32-41(70)26-57-7/h9-16,19,21-24,27,29-30,33,36,40-41,56-57,69-70H,17-18,20,25-26,28,31-32H2,1-8H3,(H,59,65)(H,60,71)(H,61,66). The van der Waals surface area contributed by atoms with Gasteiger partial charge in [-0.25, -0.2) is 24.3 Å². The number of benzene rings is 2. The molecular weight excluding hydrogens is 939 g/mol. The van der Waals surface area contributed by atoms with E-state index in [1.54, 1.807) is 33.6 Å². The molecule has 19 nitrogen and oxygen atoms in total. The predicted octanol–water partition coefficient (Wildman–Crippen LogP) is 6.68. The smallest absolute Gasteiger partial charge is 0.253 e. The van der Waals surface area contributed by atoms with E-state index in [2.05, 4.69) is 62.4 Å². The Labute approximate surface area is 431 Å². The van der Waals surface area contributed by atoms with Crippen molar-refractivity contribution in [2.45, 2.75) is 71.9 Å². The van der Waals surface area contributed by atoms with Gasteiger partial charge < -0.3 is 51.0 Å². The summed E-state index contributed by atoms with van der Waals surface area (Å²) in [4.78, 5) is 33.2. The van der Waals surface area contributed by atoms with E-state index in [-0.39, 0.29) is 31.2 Å². The molecule has 3 unspecified atom stereocenters. The Bertz CT molecular complexity index is 3190. The van der Waals surface area contributed by atoms with E-state index in [0.29, 0.717) is 73.4 Å². The van der Waals surface area contributed by atoms with Crippen LogP contribution in [0.25, 0.3) is 44.6 Å². The van der Waals surface area contributed by atoms with Gasteiger partial charge in [-0.1, -0.05) is 24.3 Å². The number of aliphatic hydroxyl groups excluding tert-OH is 2. The van der Waals surface area contributed by atoms with E-state index < -0.39 is 12.2 Å². The molecule has 6 aromatic heterocycles. The molecule has 3 atom stereocenters. The zero-order valence-corrected chi connectivity index (χ0v) is 43.3. The summed E-state index contributed by atoms with van der Waals surface area (Å²) in [5, 5.41) is 48.0. The van der Waals surface area contributed by atoms with Gasteiger partial charge in [0.25, 0.3) is 5.91 Å². The Morgan fingerprint density at radius 3 is 1.91 bits per heavy atom. The highest BCUT2D eigenvalue weighted by molar-refractivity contribution is 5.96. The van der Waals surface area contributed by atoms with Crippen molar-refractivity contribution < 1.29 is 29.2 Å². The number of methoxy groups -OCH3 is 1. The number of hydrogen-bond donors (Lipinski definition) is 7. The summed E-state index contributed by atoms with van der Waals surface area (Å²) < 4.78 is 21.4. The molecule has 0 aliphatic rings. The van der Waals surface area contributed by atoms with E-state index >= 15 is 0 Å². The Kier molecular flexibility index (Phi) is 17.3. The monoisotopic (exact) mass is 1010 g/mol. The fraction of sp³-hybridized carbons (Fsp3) is 0.364. The third-order valence-electron chi connectivity index (χ3n) is 12.5. The molecule has 0 saturated heterocycles. The van der Waals surface area contributed by atoms with Crippen LogP contribution in [0.5, 0.6) is 17.4 Å². The van der Waals surface area contributed by atoms with Crippen LogP contribution in [0.3, 0.4) is 0 Å². The van der Waals surface area contributed by atoms with E-state index in [9.17, 15) is 15.0 Å². The number of nitrogens with one attached hydrogen (secondary N) is 5. The first-order chi connectivity index (χ1) is 35.8. The average Bonchev–Trinajstić information content (AvgIpc) is 4.04. The van der Waals surface area contributed by atoms with Crippen LogP contribution in [0.15, 0.2) is 97.6 Å². The van der Waals surface area contributed by atoms with Gasteiger partial charge >= 0.3 is 0 Å². The van der Waals surface area contributed by atoms with Crippen LogP contribution in [0.2, 0.25) is 0 Å². The molecular formula is C55H67N13O6. The molecule has 0 aliphatic carbocycles. The number of amides is 1. The first-order valence-corrected chi connectivity index (χ1v) is 24.9. The lowest BCUT2D eigenvalue weighted by Crippen LogP contribution is -2.30. The maximum atomic E-state index is 14.0. The number of hydrogen-bond acceptors (Lipinski definition) is 16. The fourth-order valence-corrected chi connectivity index (χ4v) is 8.86. The highest BCUT2D eigenvalue weighted by atomic mass is 16.5. The van der Waals surface area contributed by atoms with Crippen molar-refractivity contribution in [3.05, 3.63) is 126 Å². The second kappa shape index (κ2) is 24.3. The zero-order chi connectivity index (χ0) is 52.3. The third kappa shape index (κ3) is 12.5. The van der Waals surface area contributed by atoms with E-state index in [4.69, 9.17) is 29.3 Å². The fourth-order valence-electron chi connectivity index (χ4n) is 8.86. The van der Waals surface area contributed by atoms with Gasteiger partial charge in [-0.15, -0.1) is 0 Å². The lowest BCUT2D eigenvalue weighted by molar-refractivity contribution is 0.0953. The van der Waals surface area contributed by atoms with Gasteiger partial charge in [0.05, 0.1) is 53.3 Å². The predicted molar refractivity (Wildman–Crippen MR) is 288 cm³/mol.